The summed E-state index contributed by atoms with van der Waals surface area (Å²) in [5.41, 5.74) is 2.51. The van der Waals surface area contributed by atoms with E-state index in [0.717, 1.165) is 17.5 Å². The lowest BCUT2D eigenvalue weighted by molar-refractivity contribution is 0.192. The van der Waals surface area contributed by atoms with Gasteiger partial charge in [-0.1, -0.05) is 67.6 Å². The van der Waals surface area contributed by atoms with Crippen LogP contribution in [0.25, 0.3) is 5.57 Å². The highest BCUT2D eigenvalue weighted by Gasteiger charge is 2.20. The minimum absolute atomic E-state index is 0.0198. The molecule has 19 heavy (non-hydrogen) atoms. The van der Waals surface area contributed by atoms with Crippen molar-refractivity contribution in [3.63, 3.8) is 0 Å². The van der Waals surface area contributed by atoms with E-state index in [1.54, 1.807) is 0 Å². The van der Waals surface area contributed by atoms with Gasteiger partial charge in [0.1, 0.15) is 0 Å². The Morgan fingerprint density at radius 3 is 1.89 bits per heavy atom. The molecule has 98 valence electrons. The first-order chi connectivity index (χ1) is 9.24. The molecule has 0 radical (unpaired) electrons. The van der Waals surface area contributed by atoms with E-state index in [9.17, 15) is 10.2 Å². The molecule has 0 bridgehead atoms. The zero-order valence-corrected chi connectivity index (χ0v) is 11.0. The fourth-order valence-electron chi connectivity index (χ4n) is 2.40. The third-order valence-corrected chi connectivity index (χ3v) is 3.28. The van der Waals surface area contributed by atoms with Crippen molar-refractivity contribution in [2.45, 2.75) is 19.3 Å². The molecule has 0 aliphatic heterocycles. The maximum Gasteiger partial charge on any atom is 0.278 e. The highest BCUT2D eigenvalue weighted by atomic mass is 16.5. The molecule has 2 N–H and O–H groups in total. The van der Waals surface area contributed by atoms with Crippen LogP contribution in [-0.4, -0.2) is 10.2 Å². The van der Waals surface area contributed by atoms with Gasteiger partial charge < -0.3 is 10.2 Å². The molecular weight excluding hydrogens is 236 g/mol. The van der Waals surface area contributed by atoms with E-state index >= 15 is 0 Å². The molecule has 0 aliphatic carbocycles. The largest absolute Gasteiger partial charge is 0.481 e. The molecule has 0 fully saturated rings. The number of aliphatic hydroxyl groups excluding tert-OH is 1. The van der Waals surface area contributed by atoms with Gasteiger partial charge in [0.15, 0.2) is 0 Å². The average Bonchev–Trinajstić information content (AvgIpc) is 2.46. The van der Waals surface area contributed by atoms with Crippen molar-refractivity contribution in [1.82, 2.24) is 0 Å². The van der Waals surface area contributed by atoms with Gasteiger partial charge in [-0.2, -0.15) is 0 Å². The molecule has 0 aliphatic rings. The van der Waals surface area contributed by atoms with Gasteiger partial charge in [-0.15, -0.1) is 0 Å². The van der Waals surface area contributed by atoms with E-state index < -0.39 is 5.95 Å². The summed E-state index contributed by atoms with van der Waals surface area (Å²) >= 11 is 0. The van der Waals surface area contributed by atoms with Crippen molar-refractivity contribution >= 4 is 5.57 Å². The van der Waals surface area contributed by atoms with Gasteiger partial charge in [-0.05, 0) is 17.5 Å². The summed E-state index contributed by atoms with van der Waals surface area (Å²) in [7, 11) is 0. The lowest BCUT2D eigenvalue weighted by atomic mass is 9.85. The van der Waals surface area contributed by atoms with Crippen LogP contribution in [0.15, 0.2) is 66.6 Å². The lowest BCUT2D eigenvalue weighted by Crippen LogP contribution is -2.04. The van der Waals surface area contributed by atoms with Crippen molar-refractivity contribution in [2.75, 3.05) is 0 Å². The van der Waals surface area contributed by atoms with Gasteiger partial charge in [-0.25, -0.2) is 0 Å². The SMILES string of the molecule is CCC(C(=C(O)O)c1ccccc1)c1ccccc1. The van der Waals surface area contributed by atoms with E-state index in [0.29, 0.717) is 5.57 Å². The second-order valence-corrected chi connectivity index (χ2v) is 4.47. The van der Waals surface area contributed by atoms with Crippen LogP contribution in [0, 0.1) is 0 Å². The second kappa shape index (κ2) is 6.10. The molecule has 2 rings (SSSR count). The van der Waals surface area contributed by atoms with E-state index in [2.05, 4.69) is 0 Å². The molecule has 0 heterocycles. The number of rotatable bonds is 4. The van der Waals surface area contributed by atoms with Gasteiger partial charge in [0.2, 0.25) is 0 Å². The summed E-state index contributed by atoms with van der Waals surface area (Å²) in [5, 5.41) is 19.3. The van der Waals surface area contributed by atoms with Gasteiger partial charge in [0.05, 0.1) is 0 Å². The van der Waals surface area contributed by atoms with Gasteiger partial charge in [0, 0.05) is 11.5 Å². The minimum Gasteiger partial charge on any atom is -0.481 e. The van der Waals surface area contributed by atoms with E-state index in [1.807, 2.05) is 67.6 Å². The zero-order chi connectivity index (χ0) is 13.7. The summed E-state index contributed by atoms with van der Waals surface area (Å²) in [5.74, 6) is -0.615. The Morgan fingerprint density at radius 2 is 1.42 bits per heavy atom. The number of benzene rings is 2. The van der Waals surface area contributed by atoms with Crippen LogP contribution in [0.3, 0.4) is 0 Å². The summed E-state index contributed by atoms with van der Waals surface area (Å²) in [6, 6.07) is 19.4. The molecule has 0 aromatic heterocycles. The van der Waals surface area contributed by atoms with E-state index in [4.69, 9.17) is 0 Å². The third kappa shape index (κ3) is 2.97. The number of hydrogen-bond acceptors (Lipinski definition) is 2. The van der Waals surface area contributed by atoms with Gasteiger partial charge >= 0.3 is 0 Å². The van der Waals surface area contributed by atoms with Crippen LogP contribution in [0.1, 0.15) is 30.4 Å². The molecule has 2 aromatic rings. The standard InChI is InChI=1S/C17H18O2/c1-2-15(13-9-5-3-6-10-13)16(17(18)19)14-11-7-4-8-12-14/h3-12,15,18-19H,2H2,1H3. The highest BCUT2D eigenvalue weighted by molar-refractivity contribution is 5.72. The van der Waals surface area contributed by atoms with Crippen molar-refractivity contribution in [3.8, 4) is 0 Å². The molecule has 0 saturated carbocycles. The van der Waals surface area contributed by atoms with Crippen molar-refractivity contribution in [1.29, 1.82) is 0 Å². The highest BCUT2D eigenvalue weighted by Crippen LogP contribution is 2.35. The Kier molecular flexibility index (Phi) is 4.24. The van der Waals surface area contributed by atoms with Crippen LogP contribution in [0.5, 0.6) is 0 Å². The maximum absolute atomic E-state index is 9.66. The van der Waals surface area contributed by atoms with Crippen molar-refractivity contribution in [2.24, 2.45) is 0 Å². The van der Waals surface area contributed by atoms with Crippen molar-refractivity contribution < 1.29 is 10.2 Å². The fraction of sp³-hybridized carbons (Fsp3) is 0.176. The average molecular weight is 254 g/mol. The topological polar surface area (TPSA) is 40.5 Å². The lowest BCUT2D eigenvalue weighted by Gasteiger charge is -2.19. The second-order valence-electron chi connectivity index (χ2n) is 4.47. The maximum atomic E-state index is 9.66. The van der Waals surface area contributed by atoms with Crippen LogP contribution in [-0.2, 0) is 0 Å². The monoisotopic (exact) mass is 254 g/mol. The number of hydrogen-bond donors (Lipinski definition) is 2. The Morgan fingerprint density at radius 1 is 0.895 bits per heavy atom. The van der Waals surface area contributed by atoms with E-state index in [-0.39, 0.29) is 5.92 Å². The third-order valence-electron chi connectivity index (χ3n) is 3.28. The fourth-order valence-corrected chi connectivity index (χ4v) is 2.40. The van der Waals surface area contributed by atoms with Gasteiger partial charge in [0.25, 0.3) is 5.95 Å². The number of allylic oxidation sites excluding steroid dienone is 1. The molecule has 0 spiro atoms. The molecular formula is C17H18O2. The summed E-state index contributed by atoms with van der Waals surface area (Å²) < 4.78 is 0. The molecule has 0 amide bonds. The Hall–Kier alpha value is -2.22. The predicted molar refractivity (Wildman–Crippen MR) is 78.1 cm³/mol. The Labute approximate surface area is 113 Å². The van der Waals surface area contributed by atoms with Crippen molar-refractivity contribution in [3.05, 3.63) is 77.7 Å². The number of aliphatic hydroxyl groups is 2. The minimum atomic E-state index is -0.595. The van der Waals surface area contributed by atoms with Crippen LogP contribution in [0.4, 0.5) is 0 Å². The Balaban J connectivity index is 2.48. The molecule has 2 nitrogen and oxygen atoms in total. The first-order valence-corrected chi connectivity index (χ1v) is 6.46. The molecule has 1 unspecified atom stereocenters. The normalized spacial score (nSPS) is 11.8. The first-order valence-electron chi connectivity index (χ1n) is 6.46. The molecule has 2 aromatic carbocycles. The smallest absolute Gasteiger partial charge is 0.278 e. The van der Waals surface area contributed by atoms with Crippen LogP contribution in [0.2, 0.25) is 0 Å². The summed E-state index contributed by atoms with van der Waals surface area (Å²) in [6.07, 6.45) is 0.804. The first kappa shape index (κ1) is 13.2. The molecule has 1 atom stereocenters. The van der Waals surface area contributed by atoms with Crippen LogP contribution >= 0.6 is 0 Å². The van der Waals surface area contributed by atoms with E-state index in [1.165, 1.54) is 0 Å². The zero-order valence-electron chi connectivity index (χ0n) is 11.0. The molecule has 2 heteroatoms. The summed E-state index contributed by atoms with van der Waals surface area (Å²) in [4.78, 5) is 0. The summed E-state index contributed by atoms with van der Waals surface area (Å²) in [6.45, 7) is 2.05. The van der Waals surface area contributed by atoms with Gasteiger partial charge in [-0.3, -0.25) is 0 Å². The Bertz CT molecular complexity index is 540. The van der Waals surface area contributed by atoms with Crippen LogP contribution < -0.4 is 0 Å². The quantitative estimate of drug-likeness (QED) is 0.779. The molecule has 0 saturated heterocycles. The predicted octanol–water partition coefficient (Wildman–Crippen LogP) is 4.67.